The summed E-state index contributed by atoms with van der Waals surface area (Å²) >= 11 is 0. The van der Waals surface area contributed by atoms with Crippen molar-refractivity contribution in [3.8, 4) is 0 Å². The van der Waals surface area contributed by atoms with Crippen molar-refractivity contribution < 1.29 is 9.48 Å². The Morgan fingerprint density at radius 1 is 1.31 bits per heavy atom. The van der Waals surface area contributed by atoms with Crippen molar-refractivity contribution in [3.63, 3.8) is 0 Å². The largest absolute Gasteiger partial charge is 0.622 e. The minimum atomic E-state index is -0.535. The van der Waals surface area contributed by atoms with Gasteiger partial charge in [-0.3, -0.25) is 0 Å². The molecular formula is C13H19NO2. The molecule has 0 aromatic heterocycles. The first-order chi connectivity index (χ1) is 7.41. The Kier molecular flexibility index (Phi) is 4.07. The zero-order valence-corrected chi connectivity index (χ0v) is 10.1. The molecule has 1 rings (SSSR count). The average molecular weight is 221 g/mol. The highest BCUT2D eigenvalue weighted by atomic mass is 16.6. The molecule has 88 valence electrons. The Hall–Kier alpha value is -1.35. The van der Waals surface area contributed by atoms with E-state index in [0.717, 1.165) is 5.56 Å². The fourth-order valence-electron chi connectivity index (χ4n) is 1.51. The van der Waals surface area contributed by atoms with Gasteiger partial charge in [0.1, 0.15) is 6.72 Å². The van der Waals surface area contributed by atoms with Gasteiger partial charge in [0.15, 0.2) is 0 Å². The number of hydrogen-bond acceptors (Lipinski definition) is 2. The van der Waals surface area contributed by atoms with Crippen LogP contribution < -0.4 is 0 Å². The van der Waals surface area contributed by atoms with E-state index in [4.69, 9.17) is 4.74 Å². The first kappa shape index (κ1) is 12.7. The topological polar surface area (TPSA) is 35.3 Å². The van der Waals surface area contributed by atoms with Gasteiger partial charge in [-0.1, -0.05) is 51.1 Å². The lowest BCUT2D eigenvalue weighted by Crippen LogP contribution is -2.36. The number of rotatable bonds is 4. The Labute approximate surface area is 97.0 Å². The molecule has 0 bridgehead atoms. The lowest BCUT2D eigenvalue weighted by molar-refractivity contribution is -0.572. The van der Waals surface area contributed by atoms with Gasteiger partial charge in [0.2, 0.25) is 0 Å². The van der Waals surface area contributed by atoms with E-state index in [1.807, 2.05) is 51.1 Å². The van der Waals surface area contributed by atoms with Crippen molar-refractivity contribution in [2.24, 2.45) is 5.41 Å². The lowest BCUT2D eigenvalue weighted by Gasteiger charge is -2.27. The molecule has 0 aliphatic carbocycles. The second-order valence-electron chi connectivity index (χ2n) is 4.93. The number of ether oxygens (including phenoxy) is 1. The van der Waals surface area contributed by atoms with Gasteiger partial charge in [-0.25, -0.2) is 0 Å². The molecule has 0 heterocycles. The first-order valence-electron chi connectivity index (χ1n) is 5.33. The summed E-state index contributed by atoms with van der Waals surface area (Å²) in [6.07, 6.45) is -0.535. The molecule has 0 aliphatic rings. The van der Waals surface area contributed by atoms with E-state index in [2.05, 4.69) is 6.72 Å². The summed E-state index contributed by atoms with van der Waals surface area (Å²) in [6, 6.07) is 9.79. The Bertz CT molecular complexity index is 341. The highest BCUT2D eigenvalue weighted by Crippen LogP contribution is 2.23. The summed E-state index contributed by atoms with van der Waals surface area (Å²) in [5.41, 5.74) is 0.803. The lowest BCUT2D eigenvalue weighted by atomic mass is 9.94. The molecule has 0 amide bonds. The zero-order valence-electron chi connectivity index (χ0n) is 10.1. The van der Waals surface area contributed by atoms with Gasteiger partial charge in [0.05, 0.1) is 12.0 Å². The molecule has 0 radical (unpaired) electrons. The fraction of sp³-hybridized carbons (Fsp3) is 0.462. The van der Waals surface area contributed by atoms with Crippen LogP contribution in [0.2, 0.25) is 0 Å². The number of hydrogen-bond donors (Lipinski definition) is 0. The van der Waals surface area contributed by atoms with E-state index in [0.29, 0.717) is 11.3 Å². The maximum atomic E-state index is 11.3. The molecule has 0 aliphatic heterocycles. The molecular weight excluding hydrogens is 202 g/mol. The summed E-state index contributed by atoms with van der Waals surface area (Å²) in [5, 5.41) is 11.3. The maximum Gasteiger partial charge on any atom is 0.272 e. The van der Waals surface area contributed by atoms with Crippen molar-refractivity contribution in [2.45, 2.75) is 33.6 Å². The predicted molar refractivity (Wildman–Crippen MR) is 65.2 cm³/mol. The second-order valence-corrected chi connectivity index (χ2v) is 4.93. The van der Waals surface area contributed by atoms with Gasteiger partial charge >= 0.3 is 0 Å². The SMILES string of the molecule is C=[N+]([O-])C(OCc1ccccc1)C(C)(C)C. The summed E-state index contributed by atoms with van der Waals surface area (Å²) in [5.74, 6) is 0. The summed E-state index contributed by atoms with van der Waals surface area (Å²) in [7, 11) is 0. The van der Waals surface area contributed by atoms with Crippen LogP contribution in [-0.4, -0.2) is 17.7 Å². The third-order valence-corrected chi connectivity index (χ3v) is 2.25. The number of nitrogens with zero attached hydrogens (tertiary/aromatic N) is 1. The second kappa shape index (κ2) is 5.12. The van der Waals surface area contributed by atoms with Gasteiger partial charge < -0.3 is 9.94 Å². The van der Waals surface area contributed by atoms with Gasteiger partial charge in [0.25, 0.3) is 6.23 Å². The van der Waals surface area contributed by atoms with Gasteiger partial charge in [0, 0.05) is 0 Å². The van der Waals surface area contributed by atoms with E-state index in [9.17, 15) is 5.21 Å². The monoisotopic (exact) mass is 221 g/mol. The molecule has 16 heavy (non-hydrogen) atoms. The summed E-state index contributed by atoms with van der Waals surface area (Å²) in [6.45, 7) is 9.67. The Morgan fingerprint density at radius 2 is 1.88 bits per heavy atom. The fourth-order valence-corrected chi connectivity index (χ4v) is 1.51. The van der Waals surface area contributed by atoms with Crippen LogP contribution in [0.4, 0.5) is 0 Å². The van der Waals surface area contributed by atoms with Crippen molar-refractivity contribution in [3.05, 3.63) is 41.1 Å². The standard InChI is InChI=1S/C13H19NO2/c1-13(2,3)12(14(4)15)16-10-11-8-6-5-7-9-11/h5-9,12H,4,10H2,1-3H3. The minimum absolute atomic E-state index is 0.252. The van der Waals surface area contributed by atoms with E-state index in [1.54, 1.807) is 0 Å². The third kappa shape index (κ3) is 3.66. The molecule has 1 aromatic carbocycles. The van der Waals surface area contributed by atoms with Crippen LogP contribution in [0.25, 0.3) is 0 Å². The van der Waals surface area contributed by atoms with Crippen molar-refractivity contribution in [2.75, 3.05) is 0 Å². The van der Waals surface area contributed by atoms with Crippen LogP contribution >= 0.6 is 0 Å². The van der Waals surface area contributed by atoms with Crippen molar-refractivity contribution in [1.82, 2.24) is 0 Å². The Morgan fingerprint density at radius 3 is 2.31 bits per heavy atom. The normalized spacial score (nSPS) is 13.4. The van der Waals surface area contributed by atoms with E-state index < -0.39 is 6.23 Å². The van der Waals surface area contributed by atoms with Crippen molar-refractivity contribution in [1.29, 1.82) is 0 Å². The van der Waals surface area contributed by atoms with Crippen LogP contribution in [-0.2, 0) is 11.3 Å². The summed E-state index contributed by atoms with van der Waals surface area (Å²) in [4.78, 5) is 0. The molecule has 1 unspecified atom stereocenters. The van der Waals surface area contributed by atoms with Crippen LogP contribution in [0.15, 0.2) is 30.3 Å². The molecule has 3 nitrogen and oxygen atoms in total. The van der Waals surface area contributed by atoms with Crippen LogP contribution in [0.3, 0.4) is 0 Å². The molecule has 0 N–H and O–H groups in total. The first-order valence-corrected chi connectivity index (χ1v) is 5.33. The maximum absolute atomic E-state index is 11.3. The Balaban J connectivity index is 2.62. The molecule has 0 saturated carbocycles. The van der Waals surface area contributed by atoms with Crippen LogP contribution in [0, 0.1) is 10.6 Å². The highest BCUT2D eigenvalue weighted by molar-refractivity contribution is 5.15. The number of benzene rings is 1. The minimum Gasteiger partial charge on any atom is -0.622 e. The quantitative estimate of drug-likeness (QED) is 0.258. The average Bonchev–Trinajstić information content (AvgIpc) is 2.17. The van der Waals surface area contributed by atoms with Crippen LogP contribution in [0.1, 0.15) is 26.3 Å². The highest BCUT2D eigenvalue weighted by Gasteiger charge is 2.31. The van der Waals surface area contributed by atoms with Crippen LogP contribution in [0.5, 0.6) is 0 Å². The van der Waals surface area contributed by atoms with Gasteiger partial charge in [-0.05, 0) is 5.56 Å². The van der Waals surface area contributed by atoms with E-state index >= 15 is 0 Å². The molecule has 3 heteroatoms. The smallest absolute Gasteiger partial charge is 0.272 e. The zero-order chi connectivity index (χ0) is 12.2. The predicted octanol–water partition coefficient (Wildman–Crippen LogP) is 2.79. The van der Waals surface area contributed by atoms with Crippen molar-refractivity contribution >= 4 is 6.72 Å². The molecule has 0 fully saturated rings. The van der Waals surface area contributed by atoms with Gasteiger partial charge in [-0.15, -0.1) is 0 Å². The van der Waals surface area contributed by atoms with E-state index in [1.165, 1.54) is 0 Å². The number of hydroxylamine groups is 1. The molecule has 0 saturated heterocycles. The summed E-state index contributed by atoms with van der Waals surface area (Å²) < 4.78 is 6.23. The van der Waals surface area contributed by atoms with E-state index in [-0.39, 0.29) is 5.41 Å². The third-order valence-electron chi connectivity index (χ3n) is 2.25. The molecule has 1 aromatic rings. The van der Waals surface area contributed by atoms with Gasteiger partial charge in [-0.2, -0.15) is 4.74 Å². The molecule has 0 spiro atoms. The molecule has 1 atom stereocenters.